The predicted octanol–water partition coefficient (Wildman–Crippen LogP) is 2.39. The summed E-state index contributed by atoms with van der Waals surface area (Å²) in [4.78, 5) is 26.6. The van der Waals surface area contributed by atoms with E-state index in [1.807, 2.05) is 18.4 Å². The maximum atomic E-state index is 12.3. The minimum Gasteiger partial charge on any atom is -0.390 e. The second-order valence-corrected chi connectivity index (χ2v) is 9.38. The largest absolute Gasteiger partial charge is 0.390 e. The molecule has 1 aliphatic rings. The molecule has 9 nitrogen and oxygen atoms in total. The first-order valence-electron chi connectivity index (χ1n) is 10.7. The summed E-state index contributed by atoms with van der Waals surface area (Å²) in [6, 6.07) is 1.49. The number of hydrogen-bond acceptors (Lipinski definition) is 8. The van der Waals surface area contributed by atoms with E-state index in [-0.39, 0.29) is 11.9 Å². The monoisotopic (exact) mass is 478 g/mol. The SMILES string of the molecule is CCNC(=O)C1CC(n2cnc3c(NC(CC)Cc4sccc4Cl)ncnc32)C(O)C1O. The molecule has 5 atom stereocenters. The van der Waals surface area contributed by atoms with Crippen molar-refractivity contribution in [2.75, 3.05) is 11.9 Å². The van der Waals surface area contributed by atoms with Gasteiger partial charge in [0.05, 0.1) is 29.4 Å². The Hall–Kier alpha value is -2.27. The maximum absolute atomic E-state index is 12.3. The molecule has 0 bridgehead atoms. The van der Waals surface area contributed by atoms with Gasteiger partial charge in [-0.1, -0.05) is 18.5 Å². The summed E-state index contributed by atoms with van der Waals surface area (Å²) in [5.41, 5.74) is 1.12. The van der Waals surface area contributed by atoms with Crippen LogP contribution in [0.2, 0.25) is 5.02 Å². The van der Waals surface area contributed by atoms with E-state index in [4.69, 9.17) is 11.6 Å². The van der Waals surface area contributed by atoms with Crippen LogP contribution in [0.4, 0.5) is 5.82 Å². The molecule has 4 N–H and O–H groups in total. The van der Waals surface area contributed by atoms with Crippen molar-refractivity contribution in [3.05, 3.63) is 34.0 Å². The summed E-state index contributed by atoms with van der Waals surface area (Å²) in [6.45, 7) is 4.38. The summed E-state index contributed by atoms with van der Waals surface area (Å²) in [6.07, 6.45) is 2.71. The summed E-state index contributed by atoms with van der Waals surface area (Å²) in [5, 5.41) is 30.0. The van der Waals surface area contributed by atoms with Crippen LogP contribution in [0.5, 0.6) is 0 Å². The number of anilines is 1. The molecule has 1 fully saturated rings. The highest BCUT2D eigenvalue weighted by molar-refractivity contribution is 7.10. The third kappa shape index (κ3) is 4.32. The molecule has 1 aliphatic carbocycles. The van der Waals surface area contributed by atoms with Gasteiger partial charge >= 0.3 is 0 Å². The van der Waals surface area contributed by atoms with Crippen LogP contribution in [0, 0.1) is 5.92 Å². The van der Waals surface area contributed by atoms with E-state index in [1.165, 1.54) is 6.33 Å². The van der Waals surface area contributed by atoms with Crippen LogP contribution in [-0.4, -0.2) is 60.4 Å². The van der Waals surface area contributed by atoms with Gasteiger partial charge in [-0.15, -0.1) is 11.3 Å². The topological polar surface area (TPSA) is 125 Å². The lowest BCUT2D eigenvalue weighted by Gasteiger charge is -2.19. The quantitative estimate of drug-likeness (QED) is 0.391. The van der Waals surface area contributed by atoms with E-state index < -0.39 is 24.2 Å². The number of aromatic nitrogens is 4. The Morgan fingerprint density at radius 1 is 1.31 bits per heavy atom. The van der Waals surface area contributed by atoms with Gasteiger partial charge in [0.15, 0.2) is 11.5 Å². The molecule has 3 aromatic heterocycles. The van der Waals surface area contributed by atoms with Crippen LogP contribution in [0.3, 0.4) is 0 Å². The number of fused-ring (bicyclic) bond motifs is 1. The number of carbonyl (C=O) groups is 1. The lowest BCUT2D eigenvalue weighted by atomic mass is 10.0. The number of rotatable bonds is 8. The van der Waals surface area contributed by atoms with E-state index in [2.05, 4.69) is 32.5 Å². The van der Waals surface area contributed by atoms with Gasteiger partial charge in [0.1, 0.15) is 17.9 Å². The third-order valence-electron chi connectivity index (χ3n) is 6.01. The molecule has 3 aromatic rings. The highest BCUT2D eigenvalue weighted by Crippen LogP contribution is 2.37. The lowest BCUT2D eigenvalue weighted by molar-refractivity contribution is -0.128. The number of nitrogens with one attached hydrogen (secondary N) is 2. The highest BCUT2D eigenvalue weighted by Gasteiger charge is 2.46. The second-order valence-electron chi connectivity index (χ2n) is 7.98. The van der Waals surface area contributed by atoms with Gasteiger partial charge in [0.2, 0.25) is 5.91 Å². The van der Waals surface area contributed by atoms with E-state index in [1.54, 1.807) is 22.2 Å². The molecule has 0 spiro atoms. The molecule has 172 valence electrons. The molecular weight excluding hydrogens is 452 g/mol. The van der Waals surface area contributed by atoms with Crippen LogP contribution >= 0.6 is 22.9 Å². The number of halogens is 1. The molecule has 0 saturated heterocycles. The van der Waals surface area contributed by atoms with Crippen LogP contribution in [0.1, 0.15) is 37.6 Å². The second kappa shape index (κ2) is 9.70. The Bertz CT molecular complexity index is 1090. The van der Waals surface area contributed by atoms with Gasteiger partial charge in [0, 0.05) is 23.9 Å². The van der Waals surface area contributed by atoms with Crippen molar-refractivity contribution in [1.29, 1.82) is 0 Å². The molecule has 3 heterocycles. The van der Waals surface area contributed by atoms with Crippen molar-refractivity contribution in [3.63, 3.8) is 0 Å². The predicted molar refractivity (Wildman–Crippen MR) is 124 cm³/mol. The standard InChI is InChI=1S/C21H27ClN6O3S/c1-3-11(7-15-13(22)5-6-32-15)27-19-16-20(25-9-24-19)28(10-26-16)14-8-12(17(29)18(14)30)21(31)23-4-2/h5-6,9-12,14,17-18,29-30H,3-4,7-8H2,1-2H3,(H,23,31)(H,24,25,27). The number of aliphatic hydroxyl groups excluding tert-OH is 2. The van der Waals surface area contributed by atoms with Crippen molar-refractivity contribution in [2.45, 2.75) is 57.4 Å². The van der Waals surface area contributed by atoms with E-state index in [0.29, 0.717) is 29.9 Å². The Morgan fingerprint density at radius 2 is 2.12 bits per heavy atom. The van der Waals surface area contributed by atoms with Gasteiger partial charge in [-0.25, -0.2) is 15.0 Å². The number of thiophene rings is 1. The number of aliphatic hydroxyl groups is 2. The third-order valence-corrected chi connectivity index (χ3v) is 7.42. The first-order valence-corrected chi connectivity index (χ1v) is 12.0. The summed E-state index contributed by atoms with van der Waals surface area (Å²) < 4.78 is 1.73. The molecule has 5 unspecified atom stereocenters. The Morgan fingerprint density at radius 3 is 2.81 bits per heavy atom. The number of nitrogens with zero attached hydrogens (tertiary/aromatic N) is 4. The van der Waals surface area contributed by atoms with Crippen molar-refractivity contribution in [3.8, 4) is 0 Å². The first-order chi connectivity index (χ1) is 15.4. The van der Waals surface area contributed by atoms with Crippen LogP contribution < -0.4 is 10.6 Å². The summed E-state index contributed by atoms with van der Waals surface area (Å²) >= 11 is 7.89. The zero-order valence-electron chi connectivity index (χ0n) is 17.9. The molecule has 1 saturated carbocycles. The van der Waals surface area contributed by atoms with Gasteiger partial charge in [-0.3, -0.25) is 4.79 Å². The average molecular weight is 479 g/mol. The lowest BCUT2D eigenvalue weighted by Crippen LogP contribution is -2.38. The minimum absolute atomic E-state index is 0.107. The fourth-order valence-electron chi connectivity index (χ4n) is 4.24. The summed E-state index contributed by atoms with van der Waals surface area (Å²) in [5.74, 6) is -0.352. The maximum Gasteiger partial charge on any atom is 0.225 e. The van der Waals surface area contributed by atoms with Crippen LogP contribution in [0.15, 0.2) is 24.1 Å². The normalized spacial score (nSPS) is 24.0. The molecule has 0 radical (unpaired) electrons. The summed E-state index contributed by atoms with van der Waals surface area (Å²) in [7, 11) is 0. The number of carbonyl (C=O) groups excluding carboxylic acids is 1. The molecule has 0 aliphatic heterocycles. The Balaban J connectivity index is 1.58. The number of amides is 1. The van der Waals surface area contributed by atoms with Crippen molar-refractivity contribution < 1.29 is 15.0 Å². The fourth-order valence-corrected chi connectivity index (χ4v) is 5.43. The number of imidazole rings is 1. The van der Waals surface area contributed by atoms with E-state index >= 15 is 0 Å². The van der Waals surface area contributed by atoms with Crippen molar-refractivity contribution >= 4 is 45.8 Å². The number of hydrogen-bond donors (Lipinski definition) is 4. The molecule has 0 aromatic carbocycles. The van der Waals surface area contributed by atoms with Crippen LogP contribution in [-0.2, 0) is 11.2 Å². The molecule has 4 rings (SSSR count). The molecule has 1 amide bonds. The minimum atomic E-state index is -1.15. The van der Waals surface area contributed by atoms with Gasteiger partial charge in [-0.05, 0) is 31.2 Å². The van der Waals surface area contributed by atoms with E-state index in [9.17, 15) is 15.0 Å². The van der Waals surface area contributed by atoms with Gasteiger partial charge < -0.3 is 25.4 Å². The highest BCUT2D eigenvalue weighted by atomic mass is 35.5. The Labute approximate surface area is 194 Å². The molecule has 32 heavy (non-hydrogen) atoms. The fraction of sp³-hybridized carbons (Fsp3) is 0.524. The average Bonchev–Trinajstić information content (AvgIpc) is 3.47. The van der Waals surface area contributed by atoms with Gasteiger partial charge in [0.25, 0.3) is 0 Å². The zero-order chi connectivity index (χ0) is 22.8. The zero-order valence-corrected chi connectivity index (χ0v) is 19.5. The Kier molecular flexibility index (Phi) is 6.94. The van der Waals surface area contributed by atoms with Gasteiger partial charge in [-0.2, -0.15) is 0 Å². The molecule has 11 heteroatoms. The van der Waals surface area contributed by atoms with E-state index in [0.717, 1.165) is 22.7 Å². The van der Waals surface area contributed by atoms with Crippen molar-refractivity contribution in [2.24, 2.45) is 5.92 Å². The smallest absolute Gasteiger partial charge is 0.225 e. The molecular formula is C21H27ClN6O3S. The van der Waals surface area contributed by atoms with Crippen LogP contribution in [0.25, 0.3) is 11.2 Å². The van der Waals surface area contributed by atoms with Crippen molar-refractivity contribution in [1.82, 2.24) is 24.8 Å². The first kappa shape index (κ1) is 22.9.